The maximum Gasteiger partial charge on any atom is 0.259 e. The smallest absolute Gasteiger partial charge is 0.259 e. The Morgan fingerprint density at radius 2 is 1.70 bits per heavy atom. The summed E-state index contributed by atoms with van der Waals surface area (Å²) in [6.45, 7) is 1.89. The van der Waals surface area contributed by atoms with E-state index in [0.29, 0.717) is 26.9 Å². The molecule has 0 aliphatic heterocycles. The van der Waals surface area contributed by atoms with Gasteiger partial charge in [-0.25, -0.2) is 0 Å². The van der Waals surface area contributed by atoms with Crippen molar-refractivity contribution in [2.75, 3.05) is 0 Å². The second kappa shape index (κ2) is 6.76. The molecular formula is C23H17Cl2N3O2. The standard InChI is InChI=1S/C23H17Cl2N3O2/c1-12-8-21(30-26-12)13-4-7-20-16(9-13)17-11-18(15-6-5-14(24)10-19(15)25)23(29)28(3)22(17)27(20)2/h4-11H,1-3H3. The van der Waals surface area contributed by atoms with Gasteiger partial charge in [0.1, 0.15) is 5.65 Å². The number of aryl methyl sites for hydroxylation is 3. The minimum absolute atomic E-state index is 0.122. The van der Waals surface area contributed by atoms with Crippen LogP contribution in [0.1, 0.15) is 5.69 Å². The van der Waals surface area contributed by atoms with Crippen molar-refractivity contribution in [1.82, 2.24) is 14.3 Å². The second-order valence-electron chi connectivity index (χ2n) is 7.41. The number of rotatable bonds is 2. The summed E-state index contributed by atoms with van der Waals surface area (Å²) in [6.07, 6.45) is 0. The first-order chi connectivity index (χ1) is 14.3. The summed E-state index contributed by atoms with van der Waals surface area (Å²) in [6, 6.07) is 15.1. The molecule has 0 aliphatic carbocycles. The zero-order valence-corrected chi connectivity index (χ0v) is 18.0. The van der Waals surface area contributed by atoms with E-state index in [2.05, 4.69) is 11.2 Å². The number of hydrogen-bond acceptors (Lipinski definition) is 3. The Bertz CT molecular complexity index is 1530. The van der Waals surface area contributed by atoms with Crippen molar-refractivity contribution in [1.29, 1.82) is 0 Å². The van der Waals surface area contributed by atoms with Crippen molar-refractivity contribution in [3.8, 4) is 22.5 Å². The molecule has 0 spiro atoms. The van der Waals surface area contributed by atoms with Crippen LogP contribution in [0.25, 0.3) is 44.4 Å². The molecule has 0 saturated carbocycles. The van der Waals surface area contributed by atoms with E-state index >= 15 is 0 Å². The summed E-state index contributed by atoms with van der Waals surface area (Å²) >= 11 is 12.5. The van der Waals surface area contributed by atoms with Gasteiger partial charge >= 0.3 is 0 Å². The minimum Gasteiger partial charge on any atom is -0.356 e. The molecule has 0 amide bonds. The lowest BCUT2D eigenvalue weighted by atomic mass is 10.0. The van der Waals surface area contributed by atoms with Crippen LogP contribution in [0.2, 0.25) is 10.0 Å². The third kappa shape index (κ3) is 2.77. The predicted octanol–water partition coefficient (Wildman–Crippen LogP) is 5.97. The molecule has 0 atom stereocenters. The number of aromatic nitrogens is 3. The lowest BCUT2D eigenvalue weighted by Gasteiger charge is -2.09. The van der Waals surface area contributed by atoms with E-state index in [9.17, 15) is 4.79 Å². The van der Waals surface area contributed by atoms with Crippen molar-refractivity contribution in [2.24, 2.45) is 14.1 Å². The Balaban J connectivity index is 1.85. The monoisotopic (exact) mass is 437 g/mol. The van der Waals surface area contributed by atoms with Gasteiger partial charge in [-0.05, 0) is 43.3 Å². The molecule has 0 bridgehead atoms. The molecular weight excluding hydrogens is 421 g/mol. The molecule has 5 rings (SSSR count). The molecule has 150 valence electrons. The fourth-order valence-corrected chi connectivity index (χ4v) is 4.55. The molecule has 0 aliphatic rings. The van der Waals surface area contributed by atoms with Crippen molar-refractivity contribution in [3.05, 3.63) is 74.6 Å². The van der Waals surface area contributed by atoms with Gasteiger partial charge in [0.05, 0.1) is 16.2 Å². The molecule has 5 nitrogen and oxygen atoms in total. The average molecular weight is 438 g/mol. The Morgan fingerprint density at radius 1 is 0.900 bits per heavy atom. The molecule has 2 aromatic carbocycles. The summed E-state index contributed by atoms with van der Waals surface area (Å²) in [5, 5.41) is 6.92. The Kier molecular flexibility index (Phi) is 4.27. The molecule has 3 heterocycles. The molecule has 3 aromatic heterocycles. The Hall–Kier alpha value is -3.02. The zero-order chi connectivity index (χ0) is 21.2. The average Bonchev–Trinajstić information content (AvgIpc) is 3.26. The predicted molar refractivity (Wildman–Crippen MR) is 121 cm³/mol. The molecule has 0 unspecified atom stereocenters. The fraction of sp³-hybridized carbons (Fsp3) is 0.130. The highest BCUT2D eigenvalue weighted by atomic mass is 35.5. The zero-order valence-electron chi connectivity index (χ0n) is 16.5. The molecule has 7 heteroatoms. The maximum absolute atomic E-state index is 13.2. The second-order valence-corrected chi connectivity index (χ2v) is 8.25. The van der Waals surface area contributed by atoms with Crippen LogP contribution >= 0.6 is 23.2 Å². The lowest BCUT2D eigenvalue weighted by Crippen LogP contribution is -2.20. The van der Waals surface area contributed by atoms with Crippen LogP contribution in [0.15, 0.2) is 57.8 Å². The third-order valence-electron chi connectivity index (χ3n) is 5.48. The first-order valence-corrected chi connectivity index (χ1v) is 10.1. The molecule has 0 fully saturated rings. The summed E-state index contributed by atoms with van der Waals surface area (Å²) in [5.74, 6) is 0.706. The van der Waals surface area contributed by atoms with Gasteiger partial charge in [-0.2, -0.15) is 0 Å². The quantitative estimate of drug-likeness (QED) is 0.341. The Morgan fingerprint density at radius 3 is 2.40 bits per heavy atom. The van der Waals surface area contributed by atoms with E-state index in [4.69, 9.17) is 27.7 Å². The van der Waals surface area contributed by atoms with Crippen molar-refractivity contribution >= 4 is 45.1 Å². The number of benzene rings is 2. The first-order valence-electron chi connectivity index (χ1n) is 9.36. The number of hydrogen-bond donors (Lipinski definition) is 0. The van der Waals surface area contributed by atoms with E-state index in [1.807, 2.05) is 42.8 Å². The van der Waals surface area contributed by atoms with Gasteiger partial charge in [-0.3, -0.25) is 9.36 Å². The van der Waals surface area contributed by atoms with Gasteiger partial charge in [0.15, 0.2) is 5.76 Å². The molecule has 0 radical (unpaired) electrons. The largest absolute Gasteiger partial charge is 0.356 e. The highest BCUT2D eigenvalue weighted by Gasteiger charge is 2.18. The minimum atomic E-state index is -0.122. The summed E-state index contributed by atoms with van der Waals surface area (Å²) in [7, 11) is 3.73. The third-order valence-corrected chi connectivity index (χ3v) is 6.03. The van der Waals surface area contributed by atoms with Crippen LogP contribution in [-0.4, -0.2) is 14.3 Å². The van der Waals surface area contributed by atoms with E-state index in [0.717, 1.165) is 33.2 Å². The van der Waals surface area contributed by atoms with E-state index in [1.165, 1.54) is 0 Å². The number of halogens is 2. The fourth-order valence-electron chi connectivity index (χ4n) is 4.04. The highest BCUT2D eigenvalue weighted by Crippen LogP contribution is 2.35. The molecule has 0 saturated heterocycles. The van der Waals surface area contributed by atoms with Gasteiger partial charge in [0, 0.05) is 52.6 Å². The van der Waals surface area contributed by atoms with Crippen LogP contribution < -0.4 is 5.56 Å². The first kappa shape index (κ1) is 19.0. The van der Waals surface area contributed by atoms with Gasteiger partial charge in [-0.1, -0.05) is 34.4 Å². The number of fused-ring (bicyclic) bond motifs is 3. The van der Waals surface area contributed by atoms with Crippen molar-refractivity contribution < 1.29 is 4.52 Å². The van der Waals surface area contributed by atoms with Crippen molar-refractivity contribution in [3.63, 3.8) is 0 Å². The Labute approximate surface area is 182 Å². The topological polar surface area (TPSA) is 53.0 Å². The summed E-state index contributed by atoms with van der Waals surface area (Å²) in [4.78, 5) is 13.2. The van der Waals surface area contributed by atoms with Crippen LogP contribution in [0.3, 0.4) is 0 Å². The van der Waals surface area contributed by atoms with Crippen LogP contribution in [0.5, 0.6) is 0 Å². The van der Waals surface area contributed by atoms with E-state index < -0.39 is 0 Å². The van der Waals surface area contributed by atoms with Gasteiger partial charge in [0.2, 0.25) is 0 Å². The maximum atomic E-state index is 13.2. The SMILES string of the molecule is Cc1cc(-c2ccc3c(c2)c2cc(-c4ccc(Cl)cc4Cl)c(=O)n(C)c2n3C)on1. The van der Waals surface area contributed by atoms with Gasteiger partial charge < -0.3 is 9.09 Å². The van der Waals surface area contributed by atoms with Crippen molar-refractivity contribution in [2.45, 2.75) is 6.92 Å². The summed E-state index contributed by atoms with van der Waals surface area (Å²) in [5.41, 5.74) is 4.65. The summed E-state index contributed by atoms with van der Waals surface area (Å²) < 4.78 is 9.12. The number of pyridine rings is 1. The highest BCUT2D eigenvalue weighted by molar-refractivity contribution is 6.36. The van der Waals surface area contributed by atoms with Gasteiger partial charge in [0.25, 0.3) is 5.56 Å². The molecule has 0 N–H and O–H groups in total. The molecule has 30 heavy (non-hydrogen) atoms. The van der Waals surface area contributed by atoms with E-state index in [-0.39, 0.29) is 5.56 Å². The number of nitrogens with zero attached hydrogens (tertiary/aromatic N) is 3. The van der Waals surface area contributed by atoms with E-state index in [1.54, 1.807) is 29.8 Å². The van der Waals surface area contributed by atoms with Gasteiger partial charge in [-0.15, -0.1) is 0 Å². The molecule has 5 aromatic rings. The van der Waals surface area contributed by atoms with Crippen LogP contribution in [-0.2, 0) is 14.1 Å². The normalized spacial score (nSPS) is 11.6. The van der Waals surface area contributed by atoms with Crippen LogP contribution in [0.4, 0.5) is 0 Å². The lowest BCUT2D eigenvalue weighted by molar-refractivity contribution is 0.427. The van der Waals surface area contributed by atoms with Crippen LogP contribution in [0, 0.1) is 6.92 Å².